The number of hydrogen-bond donors (Lipinski definition) is 0. The molecule has 3 heteroatoms. The molecule has 0 saturated heterocycles. The Morgan fingerprint density at radius 1 is 1.60 bits per heavy atom. The minimum absolute atomic E-state index is 0.257. The van der Waals surface area contributed by atoms with Crippen molar-refractivity contribution in [3.05, 3.63) is 35.4 Å². The van der Waals surface area contributed by atoms with E-state index in [-0.39, 0.29) is 11.9 Å². The van der Waals surface area contributed by atoms with Crippen LogP contribution in [0.5, 0.6) is 0 Å². The topological polar surface area (TPSA) is 50.1 Å². The fourth-order valence-corrected chi connectivity index (χ4v) is 1.28. The van der Waals surface area contributed by atoms with Crippen LogP contribution < -0.4 is 0 Å². The molecule has 1 aromatic rings. The van der Waals surface area contributed by atoms with Crippen LogP contribution in [0, 0.1) is 11.3 Å². The third-order valence-corrected chi connectivity index (χ3v) is 2.16. The number of carbonyl (C=O) groups is 1. The largest absolute Gasteiger partial charge is 0.466 e. The zero-order valence-electron chi connectivity index (χ0n) is 8.86. The van der Waals surface area contributed by atoms with Crippen molar-refractivity contribution in [2.45, 2.75) is 19.8 Å². The first-order valence-corrected chi connectivity index (χ1v) is 4.85. The van der Waals surface area contributed by atoms with Crippen LogP contribution in [-0.2, 0) is 9.53 Å². The van der Waals surface area contributed by atoms with Gasteiger partial charge >= 0.3 is 5.97 Å². The molecule has 0 aromatic heterocycles. The first kappa shape index (κ1) is 11.3. The van der Waals surface area contributed by atoms with E-state index in [1.54, 1.807) is 32.0 Å². The molecule has 3 nitrogen and oxygen atoms in total. The van der Waals surface area contributed by atoms with Crippen LogP contribution in [0.2, 0.25) is 0 Å². The molecule has 78 valence electrons. The van der Waals surface area contributed by atoms with Gasteiger partial charge in [0, 0.05) is 0 Å². The minimum atomic E-state index is -0.321. The molecular weight excluding hydrogens is 190 g/mol. The van der Waals surface area contributed by atoms with Crippen LogP contribution in [0.25, 0.3) is 0 Å². The second-order valence-corrected chi connectivity index (χ2v) is 3.21. The van der Waals surface area contributed by atoms with Crippen LogP contribution in [0.1, 0.15) is 30.9 Å². The molecule has 0 saturated carbocycles. The highest BCUT2D eigenvalue weighted by atomic mass is 16.5. The Bertz CT molecular complexity index is 393. The first-order valence-electron chi connectivity index (χ1n) is 4.85. The highest BCUT2D eigenvalue weighted by molar-refractivity contribution is 5.77. The van der Waals surface area contributed by atoms with Crippen molar-refractivity contribution in [2.24, 2.45) is 0 Å². The second-order valence-electron chi connectivity index (χ2n) is 3.21. The normalized spacial score (nSPS) is 11.5. The standard InChI is InChI=1S/C12H13NO2/c1-3-15-12(14)9(2)11-6-4-5-10(7-11)8-13/h4-7,9H,3H2,1-2H3/t9-/m1/s1. The molecule has 0 heterocycles. The quantitative estimate of drug-likeness (QED) is 0.708. The van der Waals surface area contributed by atoms with Crippen molar-refractivity contribution in [3.8, 4) is 6.07 Å². The van der Waals surface area contributed by atoms with E-state index >= 15 is 0 Å². The molecule has 0 aliphatic heterocycles. The van der Waals surface area contributed by atoms with Crippen molar-refractivity contribution in [1.82, 2.24) is 0 Å². The Morgan fingerprint density at radius 3 is 2.93 bits per heavy atom. The van der Waals surface area contributed by atoms with Crippen LogP contribution in [0.15, 0.2) is 24.3 Å². The summed E-state index contributed by atoms with van der Waals surface area (Å²) >= 11 is 0. The number of ether oxygens (including phenoxy) is 1. The van der Waals surface area contributed by atoms with E-state index < -0.39 is 0 Å². The molecule has 0 amide bonds. The van der Waals surface area contributed by atoms with E-state index in [4.69, 9.17) is 10.00 Å². The van der Waals surface area contributed by atoms with Gasteiger partial charge in [0.25, 0.3) is 0 Å². The van der Waals surface area contributed by atoms with E-state index in [0.717, 1.165) is 5.56 Å². The molecular formula is C12H13NO2. The lowest BCUT2D eigenvalue weighted by Crippen LogP contribution is -2.12. The van der Waals surface area contributed by atoms with Gasteiger partial charge in [-0.25, -0.2) is 0 Å². The third-order valence-electron chi connectivity index (χ3n) is 2.16. The van der Waals surface area contributed by atoms with E-state index in [1.807, 2.05) is 12.1 Å². The number of nitrogens with zero attached hydrogens (tertiary/aromatic N) is 1. The summed E-state index contributed by atoms with van der Waals surface area (Å²) < 4.78 is 4.91. The van der Waals surface area contributed by atoms with Crippen LogP contribution in [-0.4, -0.2) is 12.6 Å². The van der Waals surface area contributed by atoms with Gasteiger partial charge in [0.1, 0.15) is 0 Å². The summed E-state index contributed by atoms with van der Waals surface area (Å²) in [6, 6.07) is 9.05. The van der Waals surface area contributed by atoms with Crippen LogP contribution in [0.4, 0.5) is 0 Å². The predicted molar refractivity (Wildman–Crippen MR) is 56.2 cm³/mol. The van der Waals surface area contributed by atoms with Crippen molar-refractivity contribution in [2.75, 3.05) is 6.61 Å². The molecule has 0 N–H and O–H groups in total. The van der Waals surface area contributed by atoms with Crippen molar-refractivity contribution < 1.29 is 9.53 Å². The average molecular weight is 203 g/mol. The van der Waals surface area contributed by atoms with Gasteiger partial charge in [0.15, 0.2) is 0 Å². The highest BCUT2D eigenvalue weighted by Gasteiger charge is 2.16. The molecule has 0 spiro atoms. The summed E-state index contributed by atoms with van der Waals surface area (Å²) in [5.41, 5.74) is 1.37. The summed E-state index contributed by atoms with van der Waals surface area (Å²) in [7, 11) is 0. The fraction of sp³-hybridized carbons (Fsp3) is 0.333. The summed E-state index contributed by atoms with van der Waals surface area (Å²) in [6.45, 7) is 3.92. The summed E-state index contributed by atoms with van der Waals surface area (Å²) in [4.78, 5) is 11.4. The third kappa shape index (κ3) is 2.81. The molecule has 0 unspecified atom stereocenters. The first-order chi connectivity index (χ1) is 7.19. The minimum Gasteiger partial charge on any atom is -0.466 e. The van der Waals surface area contributed by atoms with E-state index in [2.05, 4.69) is 0 Å². The lowest BCUT2D eigenvalue weighted by atomic mass is 9.99. The Balaban J connectivity index is 2.87. The zero-order chi connectivity index (χ0) is 11.3. The van der Waals surface area contributed by atoms with Gasteiger partial charge in [-0.1, -0.05) is 12.1 Å². The predicted octanol–water partition coefficient (Wildman–Crippen LogP) is 2.22. The Kier molecular flexibility index (Phi) is 3.87. The van der Waals surface area contributed by atoms with Gasteiger partial charge < -0.3 is 4.74 Å². The van der Waals surface area contributed by atoms with E-state index in [9.17, 15) is 4.79 Å². The maximum Gasteiger partial charge on any atom is 0.313 e. The smallest absolute Gasteiger partial charge is 0.313 e. The molecule has 0 bridgehead atoms. The zero-order valence-corrected chi connectivity index (χ0v) is 8.86. The van der Waals surface area contributed by atoms with Gasteiger partial charge in [-0.05, 0) is 31.5 Å². The van der Waals surface area contributed by atoms with Gasteiger partial charge in [-0.3, -0.25) is 4.79 Å². The van der Waals surface area contributed by atoms with Crippen LogP contribution >= 0.6 is 0 Å². The average Bonchev–Trinajstić information content (AvgIpc) is 2.28. The van der Waals surface area contributed by atoms with E-state index in [1.165, 1.54) is 0 Å². The SMILES string of the molecule is CCOC(=O)[C@H](C)c1cccc(C#N)c1. The molecule has 0 radical (unpaired) electrons. The van der Waals surface area contributed by atoms with Crippen molar-refractivity contribution >= 4 is 5.97 Å². The number of carbonyl (C=O) groups excluding carboxylic acids is 1. The summed E-state index contributed by atoms with van der Waals surface area (Å²) in [5, 5.41) is 8.72. The maximum absolute atomic E-state index is 11.4. The molecule has 1 atom stereocenters. The number of rotatable bonds is 3. The van der Waals surface area contributed by atoms with Crippen molar-refractivity contribution in [1.29, 1.82) is 5.26 Å². The number of esters is 1. The molecule has 15 heavy (non-hydrogen) atoms. The summed E-state index contributed by atoms with van der Waals surface area (Å²) in [6.07, 6.45) is 0. The Labute approximate surface area is 89.3 Å². The van der Waals surface area contributed by atoms with Crippen LogP contribution in [0.3, 0.4) is 0 Å². The Hall–Kier alpha value is -1.82. The second kappa shape index (κ2) is 5.16. The lowest BCUT2D eigenvalue weighted by molar-refractivity contribution is -0.144. The number of nitriles is 1. The van der Waals surface area contributed by atoms with Gasteiger partial charge in [-0.2, -0.15) is 5.26 Å². The molecule has 0 fully saturated rings. The van der Waals surface area contributed by atoms with Gasteiger partial charge in [-0.15, -0.1) is 0 Å². The molecule has 0 aliphatic carbocycles. The molecule has 1 aromatic carbocycles. The highest BCUT2D eigenvalue weighted by Crippen LogP contribution is 2.17. The molecule has 1 rings (SSSR count). The monoisotopic (exact) mass is 203 g/mol. The lowest BCUT2D eigenvalue weighted by Gasteiger charge is -2.10. The fourth-order valence-electron chi connectivity index (χ4n) is 1.28. The Morgan fingerprint density at radius 2 is 2.33 bits per heavy atom. The number of benzene rings is 1. The van der Waals surface area contributed by atoms with E-state index in [0.29, 0.717) is 12.2 Å². The van der Waals surface area contributed by atoms with Gasteiger partial charge in [0.05, 0.1) is 24.2 Å². The van der Waals surface area contributed by atoms with Gasteiger partial charge in [0.2, 0.25) is 0 Å². The number of hydrogen-bond acceptors (Lipinski definition) is 3. The molecule has 0 aliphatic rings. The van der Waals surface area contributed by atoms with Crippen molar-refractivity contribution in [3.63, 3.8) is 0 Å². The maximum atomic E-state index is 11.4. The summed E-state index contributed by atoms with van der Waals surface area (Å²) in [5.74, 6) is -0.578.